The van der Waals surface area contributed by atoms with E-state index in [1.807, 2.05) is 80.6 Å². The number of ether oxygens (including phenoxy) is 4. The minimum absolute atomic E-state index is 0.0106. The van der Waals surface area contributed by atoms with E-state index in [0.29, 0.717) is 31.4 Å². The molecule has 0 spiro atoms. The van der Waals surface area contributed by atoms with Crippen molar-refractivity contribution in [2.75, 3.05) is 46.8 Å². The van der Waals surface area contributed by atoms with Crippen molar-refractivity contribution in [1.29, 1.82) is 0 Å². The zero-order valence-corrected chi connectivity index (χ0v) is 58.1. The monoisotopic (exact) mass is 1340 g/mol. The Labute approximate surface area is 559 Å². The number of nitrogens with one attached hydrogen (secondary N) is 5. The van der Waals surface area contributed by atoms with Gasteiger partial charge in [0.1, 0.15) is 42.3 Å². The average molecular weight is 1340 g/mol. The van der Waals surface area contributed by atoms with E-state index in [9.17, 15) is 56.4 Å². The van der Waals surface area contributed by atoms with Gasteiger partial charge in [-0.25, -0.2) is 9.59 Å². The summed E-state index contributed by atoms with van der Waals surface area (Å²) in [6.45, 7) is 18.7. The van der Waals surface area contributed by atoms with E-state index in [1.165, 1.54) is 45.2 Å². The van der Waals surface area contributed by atoms with Crippen LogP contribution in [0.2, 0.25) is 0 Å². The number of hydrogen-bond donors (Lipinski definition) is 7. The van der Waals surface area contributed by atoms with Crippen LogP contribution in [0.1, 0.15) is 136 Å². The second kappa shape index (κ2) is 34.1. The third-order valence-electron chi connectivity index (χ3n) is 18.4. The van der Waals surface area contributed by atoms with Gasteiger partial charge >= 0.3 is 12.2 Å². The highest BCUT2D eigenvalue weighted by Crippen LogP contribution is 2.44. The smallest absolute Gasteiger partial charge is 0.410 e. The van der Waals surface area contributed by atoms with Gasteiger partial charge in [-0.2, -0.15) is 8.42 Å². The van der Waals surface area contributed by atoms with Gasteiger partial charge < -0.3 is 60.4 Å². The van der Waals surface area contributed by atoms with Gasteiger partial charge in [-0.05, 0) is 90.3 Å². The Bertz CT molecular complexity index is 3400. The molecule has 25 heteroatoms. The lowest BCUT2D eigenvalue weighted by Crippen LogP contribution is -2.60. The van der Waals surface area contributed by atoms with Crippen LogP contribution in [0.4, 0.5) is 15.3 Å². The van der Waals surface area contributed by atoms with Gasteiger partial charge in [0.25, 0.3) is 10.1 Å². The topological polar surface area (TPSA) is 318 Å². The standard InChI is InChI=1S/C70H98N8O16S/c1-16-42(8)61(55(91-14)36-57(79)78-34-24-31-54(78)63(92-15)43(9)64(81)71-44(10)62(80)46-25-18-17-19-26-46)76(12)68(85)59(40(4)5)74-67(84)60(41(6)7)77(13)70(87)94-37-47-32-33-48(35-56(47)95(88,89)90)73-65(82)45(11)72-66(83)58(39(2)3)75-69(86)93-38-53-51-29-22-20-27-49(51)50-28-21-23-30-52(50)53/h17-23,25-30,32-33,35,39-45,53-55,58-63,80H,16,24,31,34,36-38H2,1-15H3,(H,71,81)(H,72,83)(H,73,82)(H,74,84)(H,75,86)(H,88,89,90)/t42-,43+,44+,45-,54-,55+,58-,59-,60-,61-,62+,63+/m0/s1. The lowest BCUT2D eigenvalue weighted by molar-refractivity contribution is -0.148. The molecule has 0 saturated carbocycles. The minimum Gasteiger partial charge on any atom is -0.449 e. The molecule has 4 aromatic rings. The molecule has 0 unspecified atom stereocenters. The number of carbonyl (C=O) groups excluding carboxylic acids is 8. The van der Waals surface area contributed by atoms with Crippen LogP contribution in [0.5, 0.6) is 0 Å². The highest BCUT2D eigenvalue weighted by Gasteiger charge is 2.44. The fraction of sp³-hybridized carbons (Fsp3) is 0.543. The number of rotatable bonds is 31. The van der Waals surface area contributed by atoms with E-state index in [4.69, 9.17) is 18.9 Å². The lowest BCUT2D eigenvalue weighted by Gasteiger charge is -2.41. The summed E-state index contributed by atoms with van der Waals surface area (Å²) in [7, 11) is 0.841. The zero-order chi connectivity index (χ0) is 70.3. The molecule has 1 fully saturated rings. The van der Waals surface area contributed by atoms with Gasteiger partial charge in [-0.15, -0.1) is 0 Å². The number of aliphatic hydroxyl groups excluding tert-OH is 1. The summed E-state index contributed by atoms with van der Waals surface area (Å²) in [5, 5.41) is 24.5. The van der Waals surface area contributed by atoms with E-state index >= 15 is 0 Å². The van der Waals surface area contributed by atoms with Gasteiger partial charge in [-0.3, -0.25) is 38.2 Å². The Morgan fingerprint density at radius 3 is 1.83 bits per heavy atom. The zero-order valence-electron chi connectivity index (χ0n) is 57.3. The van der Waals surface area contributed by atoms with Crippen LogP contribution >= 0.6 is 0 Å². The Balaban J connectivity index is 1.05. The van der Waals surface area contributed by atoms with E-state index in [-0.39, 0.29) is 47.9 Å². The number of nitrogens with zero attached hydrogens (tertiary/aromatic N) is 3. The van der Waals surface area contributed by atoms with Gasteiger partial charge in [0, 0.05) is 52.0 Å². The third kappa shape index (κ3) is 19.0. The van der Waals surface area contributed by atoms with Gasteiger partial charge in [0.15, 0.2) is 0 Å². The van der Waals surface area contributed by atoms with Gasteiger partial charge in [0.05, 0.1) is 48.8 Å². The molecule has 95 heavy (non-hydrogen) atoms. The number of alkyl carbamates (subject to hydrolysis) is 1. The van der Waals surface area contributed by atoms with Crippen molar-refractivity contribution in [1.82, 2.24) is 36.0 Å². The predicted octanol–water partition coefficient (Wildman–Crippen LogP) is 7.83. The van der Waals surface area contributed by atoms with Crippen LogP contribution < -0.4 is 26.6 Å². The molecule has 0 radical (unpaired) electrons. The van der Waals surface area contributed by atoms with Crippen molar-refractivity contribution >= 4 is 63.4 Å². The highest BCUT2D eigenvalue weighted by atomic mass is 32.2. The number of hydrogen-bond acceptors (Lipinski definition) is 15. The maximum absolute atomic E-state index is 14.8. The largest absolute Gasteiger partial charge is 0.449 e. The summed E-state index contributed by atoms with van der Waals surface area (Å²) < 4.78 is 59.2. The molecule has 0 aromatic heterocycles. The predicted molar refractivity (Wildman–Crippen MR) is 358 cm³/mol. The fourth-order valence-corrected chi connectivity index (χ4v) is 13.6. The van der Waals surface area contributed by atoms with E-state index in [0.717, 1.165) is 33.2 Å². The number of likely N-dealkylation sites (N-methyl/N-ethyl adjacent to an activating group) is 2. The number of aliphatic hydroxyl groups is 1. The molecule has 1 aliphatic carbocycles. The van der Waals surface area contributed by atoms with Gasteiger partial charge in [-0.1, -0.05) is 154 Å². The van der Waals surface area contributed by atoms with Crippen LogP contribution in [-0.2, 0) is 64.4 Å². The summed E-state index contributed by atoms with van der Waals surface area (Å²) in [5.74, 6) is -5.91. The number of fused-ring (bicyclic) bond motifs is 3. The molecule has 520 valence electrons. The average Bonchev–Trinajstić information content (AvgIpc) is 1.64. The normalized spacial score (nSPS) is 17.3. The number of methoxy groups -OCH3 is 2. The number of carbonyl (C=O) groups is 8. The SMILES string of the molecule is CC[C@H](C)[C@@H]([C@@H](CC(=O)N1CCC[C@H]1[C@H](OC)[C@@H](C)C(=O)N[C@H](C)[C@@H](O)c1ccccc1)OC)N(C)C(=O)[C@@H](NC(=O)[C@H](C(C)C)N(C)C(=O)OCc1ccc(NC(=O)[C@H](C)NC(=O)[C@@H](NC(=O)OCC2c3ccccc3-c3ccccc32)C(C)C)cc1S(=O)(=O)O)C(C)C. The van der Waals surface area contributed by atoms with Crippen molar-refractivity contribution in [2.45, 2.75) is 180 Å². The van der Waals surface area contributed by atoms with Crippen molar-refractivity contribution < 1.29 is 75.4 Å². The number of anilines is 1. The van der Waals surface area contributed by atoms with Crippen molar-refractivity contribution in [3.8, 4) is 11.1 Å². The summed E-state index contributed by atoms with van der Waals surface area (Å²) in [6, 6.07) is 21.7. The Hall–Kier alpha value is -7.97. The van der Waals surface area contributed by atoms with Crippen LogP contribution in [0, 0.1) is 29.6 Å². The quantitative estimate of drug-likeness (QED) is 0.0236. The van der Waals surface area contributed by atoms with E-state index < -0.39 is 142 Å². The molecule has 12 atom stereocenters. The molecule has 0 bridgehead atoms. The third-order valence-corrected chi connectivity index (χ3v) is 19.3. The van der Waals surface area contributed by atoms with E-state index in [1.54, 1.807) is 79.5 Å². The highest BCUT2D eigenvalue weighted by molar-refractivity contribution is 7.85. The molecule has 8 amide bonds. The van der Waals surface area contributed by atoms with Crippen LogP contribution in [0.15, 0.2) is 102 Å². The molecule has 24 nitrogen and oxygen atoms in total. The number of amides is 8. The second-order valence-corrected chi connectivity index (χ2v) is 27.4. The Kier molecular flexibility index (Phi) is 27.3. The Morgan fingerprint density at radius 1 is 0.674 bits per heavy atom. The van der Waals surface area contributed by atoms with Crippen LogP contribution in [0.25, 0.3) is 11.1 Å². The summed E-state index contributed by atoms with van der Waals surface area (Å²) in [6.07, 6.45) is -2.66. The maximum Gasteiger partial charge on any atom is 0.410 e. The first-order chi connectivity index (χ1) is 44.9. The maximum atomic E-state index is 14.8. The molecule has 2 aliphatic rings. The first-order valence-electron chi connectivity index (χ1n) is 32.5. The van der Waals surface area contributed by atoms with Crippen molar-refractivity contribution in [2.24, 2.45) is 29.6 Å². The molecule has 6 rings (SSSR count). The van der Waals surface area contributed by atoms with Crippen molar-refractivity contribution in [3.05, 3.63) is 119 Å². The first kappa shape index (κ1) is 76.1. The first-order valence-corrected chi connectivity index (χ1v) is 34.0. The molecular weight excluding hydrogens is 1240 g/mol. The Morgan fingerprint density at radius 2 is 1.27 bits per heavy atom. The van der Waals surface area contributed by atoms with Gasteiger partial charge in [0.2, 0.25) is 35.4 Å². The molecule has 7 N–H and O–H groups in total. The van der Waals surface area contributed by atoms with E-state index in [2.05, 4.69) is 26.6 Å². The molecule has 1 heterocycles. The molecule has 1 aliphatic heterocycles. The van der Waals surface area contributed by atoms with Crippen LogP contribution in [-0.4, -0.2) is 176 Å². The minimum atomic E-state index is -5.03. The summed E-state index contributed by atoms with van der Waals surface area (Å²) >= 11 is 0. The molecule has 4 aromatic carbocycles. The lowest BCUT2D eigenvalue weighted by atomic mass is 9.89. The second-order valence-electron chi connectivity index (χ2n) is 26.0. The fourth-order valence-electron chi connectivity index (χ4n) is 12.8. The summed E-state index contributed by atoms with van der Waals surface area (Å²) in [5.41, 5.74) is 4.47. The van der Waals surface area contributed by atoms with Crippen molar-refractivity contribution in [3.63, 3.8) is 0 Å². The molecule has 1 saturated heterocycles. The number of likely N-dealkylation sites (tertiary alicyclic amines) is 1. The number of benzene rings is 4. The van der Waals surface area contributed by atoms with Crippen LogP contribution in [0.3, 0.4) is 0 Å². The molecular formula is C70H98N8O16S. The summed E-state index contributed by atoms with van der Waals surface area (Å²) in [4.78, 5) is 115.